The number of halogens is 2. The molecule has 0 bridgehead atoms. The molecule has 0 aromatic heterocycles. The fraction of sp³-hybridized carbons (Fsp3) is 0.571. The number of hydrogen-bond donors (Lipinski definition) is 1. The molecule has 1 aliphatic rings. The summed E-state index contributed by atoms with van der Waals surface area (Å²) in [7, 11) is -3.67. The predicted molar refractivity (Wildman–Crippen MR) is 84.2 cm³/mol. The summed E-state index contributed by atoms with van der Waals surface area (Å²) >= 11 is 12.1. The standard InChI is InChI=1S/C14H19Cl2NO3S/c1-2-7-17(8-10-3-4-10)21(19,20)13-6-5-12(15)11(9-18)14(13)16/h5-6,10,18H,2-4,7-9H2,1H3. The van der Waals surface area contributed by atoms with E-state index in [0.717, 1.165) is 19.3 Å². The fourth-order valence-corrected chi connectivity index (χ4v) is 4.69. The molecule has 0 spiro atoms. The second kappa shape index (κ2) is 6.84. The smallest absolute Gasteiger partial charge is 0.244 e. The lowest BCUT2D eigenvalue weighted by Crippen LogP contribution is -2.34. The van der Waals surface area contributed by atoms with Gasteiger partial charge in [0.05, 0.1) is 11.6 Å². The third-order valence-corrected chi connectivity index (χ3v) is 6.36. The van der Waals surface area contributed by atoms with Crippen LogP contribution in [0.3, 0.4) is 0 Å². The summed E-state index contributed by atoms with van der Waals surface area (Å²) in [4.78, 5) is 0.0201. The molecule has 1 aliphatic carbocycles. The zero-order valence-electron chi connectivity index (χ0n) is 11.8. The summed E-state index contributed by atoms with van der Waals surface area (Å²) in [6, 6.07) is 2.88. The summed E-state index contributed by atoms with van der Waals surface area (Å²) in [5.74, 6) is 0.453. The molecule has 0 radical (unpaired) electrons. The number of aliphatic hydroxyl groups excluding tert-OH is 1. The highest BCUT2D eigenvalue weighted by Gasteiger charge is 2.33. The summed E-state index contributed by atoms with van der Waals surface area (Å²) < 4.78 is 27.1. The molecule has 118 valence electrons. The van der Waals surface area contributed by atoms with Gasteiger partial charge in [-0.3, -0.25) is 0 Å². The van der Waals surface area contributed by atoms with Crippen LogP contribution in [0.15, 0.2) is 17.0 Å². The van der Waals surface area contributed by atoms with E-state index in [0.29, 0.717) is 19.0 Å². The van der Waals surface area contributed by atoms with Crippen molar-refractivity contribution < 1.29 is 13.5 Å². The van der Waals surface area contributed by atoms with Gasteiger partial charge in [-0.1, -0.05) is 30.1 Å². The SMILES string of the molecule is CCCN(CC1CC1)S(=O)(=O)c1ccc(Cl)c(CO)c1Cl. The lowest BCUT2D eigenvalue weighted by molar-refractivity contribution is 0.281. The van der Waals surface area contributed by atoms with Gasteiger partial charge in [0.1, 0.15) is 4.90 Å². The van der Waals surface area contributed by atoms with Gasteiger partial charge in [-0.25, -0.2) is 8.42 Å². The first-order valence-electron chi connectivity index (χ1n) is 6.99. The van der Waals surface area contributed by atoms with E-state index in [1.165, 1.54) is 16.4 Å². The molecule has 2 rings (SSSR count). The Morgan fingerprint density at radius 3 is 2.52 bits per heavy atom. The maximum absolute atomic E-state index is 12.8. The van der Waals surface area contributed by atoms with Crippen LogP contribution in [0.25, 0.3) is 0 Å². The normalized spacial score (nSPS) is 15.7. The minimum atomic E-state index is -3.67. The first-order valence-corrected chi connectivity index (χ1v) is 9.19. The number of hydrogen-bond acceptors (Lipinski definition) is 3. The molecule has 1 aromatic carbocycles. The third kappa shape index (κ3) is 3.71. The van der Waals surface area contributed by atoms with Gasteiger partial charge in [-0.05, 0) is 37.3 Å². The molecule has 21 heavy (non-hydrogen) atoms. The Labute approximate surface area is 135 Å². The van der Waals surface area contributed by atoms with Gasteiger partial charge in [0.25, 0.3) is 0 Å². The molecule has 0 saturated heterocycles. The molecule has 0 amide bonds. The van der Waals surface area contributed by atoms with Crippen LogP contribution in [0, 0.1) is 5.92 Å². The highest BCUT2D eigenvalue weighted by atomic mass is 35.5. The van der Waals surface area contributed by atoms with Gasteiger partial charge in [-0.15, -0.1) is 0 Å². The van der Waals surface area contributed by atoms with E-state index in [9.17, 15) is 13.5 Å². The second-order valence-electron chi connectivity index (χ2n) is 5.30. The fourth-order valence-electron chi connectivity index (χ4n) is 2.21. The molecule has 0 heterocycles. The molecular weight excluding hydrogens is 333 g/mol. The average Bonchev–Trinajstić information content (AvgIpc) is 3.22. The highest BCUT2D eigenvalue weighted by Crippen LogP contribution is 2.35. The maximum Gasteiger partial charge on any atom is 0.244 e. The van der Waals surface area contributed by atoms with Gasteiger partial charge >= 0.3 is 0 Å². The Morgan fingerprint density at radius 1 is 1.33 bits per heavy atom. The van der Waals surface area contributed by atoms with Gasteiger partial charge < -0.3 is 5.11 Å². The highest BCUT2D eigenvalue weighted by molar-refractivity contribution is 7.89. The van der Waals surface area contributed by atoms with Crippen molar-refractivity contribution in [3.63, 3.8) is 0 Å². The molecule has 0 unspecified atom stereocenters. The average molecular weight is 352 g/mol. The van der Waals surface area contributed by atoms with Crippen molar-refractivity contribution in [3.8, 4) is 0 Å². The topological polar surface area (TPSA) is 57.6 Å². The Balaban J connectivity index is 2.41. The number of rotatable bonds is 7. The largest absolute Gasteiger partial charge is 0.392 e. The molecule has 1 fully saturated rings. The number of aliphatic hydroxyl groups is 1. The molecule has 0 atom stereocenters. The van der Waals surface area contributed by atoms with E-state index in [2.05, 4.69) is 0 Å². The van der Waals surface area contributed by atoms with Gasteiger partial charge in [0.15, 0.2) is 0 Å². The van der Waals surface area contributed by atoms with E-state index < -0.39 is 16.6 Å². The van der Waals surface area contributed by atoms with E-state index in [4.69, 9.17) is 23.2 Å². The van der Waals surface area contributed by atoms with Crippen molar-refractivity contribution in [3.05, 3.63) is 27.7 Å². The van der Waals surface area contributed by atoms with Crippen LogP contribution in [-0.2, 0) is 16.6 Å². The van der Waals surface area contributed by atoms with E-state index in [1.807, 2.05) is 6.92 Å². The molecule has 7 heteroatoms. The van der Waals surface area contributed by atoms with Crippen LogP contribution >= 0.6 is 23.2 Å². The van der Waals surface area contributed by atoms with Crippen LogP contribution < -0.4 is 0 Å². The van der Waals surface area contributed by atoms with Crippen molar-refractivity contribution in [2.75, 3.05) is 13.1 Å². The molecule has 0 aliphatic heterocycles. The van der Waals surface area contributed by atoms with Gasteiger partial charge in [0.2, 0.25) is 10.0 Å². The van der Waals surface area contributed by atoms with Crippen LogP contribution in [-0.4, -0.2) is 30.9 Å². The van der Waals surface area contributed by atoms with Crippen LogP contribution in [0.5, 0.6) is 0 Å². The third-order valence-electron chi connectivity index (χ3n) is 3.56. The minimum absolute atomic E-state index is 0.0156. The zero-order chi connectivity index (χ0) is 15.6. The van der Waals surface area contributed by atoms with Gasteiger partial charge in [-0.2, -0.15) is 4.31 Å². The van der Waals surface area contributed by atoms with E-state index in [-0.39, 0.29) is 20.5 Å². The van der Waals surface area contributed by atoms with Crippen molar-refractivity contribution in [2.24, 2.45) is 5.92 Å². The summed E-state index contributed by atoms with van der Waals surface area (Å²) in [6.07, 6.45) is 2.89. The Hall–Kier alpha value is -0.330. The predicted octanol–water partition coefficient (Wildman–Crippen LogP) is 3.30. The number of benzene rings is 1. The summed E-state index contributed by atoms with van der Waals surface area (Å²) in [5, 5.41) is 9.59. The second-order valence-corrected chi connectivity index (χ2v) is 7.99. The quantitative estimate of drug-likeness (QED) is 0.819. The molecular formula is C14H19Cl2NO3S. The zero-order valence-corrected chi connectivity index (χ0v) is 14.2. The Morgan fingerprint density at radius 2 is 2.00 bits per heavy atom. The maximum atomic E-state index is 12.8. The van der Waals surface area contributed by atoms with Crippen LogP contribution in [0.2, 0.25) is 10.0 Å². The Bertz CT molecular complexity index is 615. The lowest BCUT2D eigenvalue weighted by Gasteiger charge is -2.22. The molecule has 1 saturated carbocycles. The van der Waals surface area contributed by atoms with Crippen molar-refractivity contribution in [2.45, 2.75) is 37.7 Å². The van der Waals surface area contributed by atoms with Crippen LogP contribution in [0.4, 0.5) is 0 Å². The first-order chi connectivity index (χ1) is 9.91. The van der Waals surface area contributed by atoms with Crippen molar-refractivity contribution in [1.29, 1.82) is 0 Å². The molecule has 4 nitrogen and oxygen atoms in total. The molecule has 1 aromatic rings. The number of sulfonamides is 1. The van der Waals surface area contributed by atoms with Crippen molar-refractivity contribution >= 4 is 33.2 Å². The number of nitrogens with zero attached hydrogens (tertiary/aromatic N) is 1. The van der Waals surface area contributed by atoms with E-state index in [1.54, 1.807) is 0 Å². The summed E-state index contributed by atoms with van der Waals surface area (Å²) in [6.45, 7) is 2.55. The lowest BCUT2D eigenvalue weighted by atomic mass is 10.2. The Kier molecular flexibility index (Phi) is 5.54. The van der Waals surface area contributed by atoms with Crippen molar-refractivity contribution in [1.82, 2.24) is 4.31 Å². The summed E-state index contributed by atoms with van der Waals surface area (Å²) in [5.41, 5.74) is 0.252. The van der Waals surface area contributed by atoms with Gasteiger partial charge in [0, 0.05) is 23.7 Å². The monoisotopic (exact) mass is 351 g/mol. The molecule has 1 N–H and O–H groups in total. The first kappa shape index (κ1) is 17.0. The van der Waals surface area contributed by atoms with Crippen LogP contribution in [0.1, 0.15) is 31.7 Å². The minimum Gasteiger partial charge on any atom is -0.392 e. The van der Waals surface area contributed by atoms with E-state index >= 15 is 0 Å².